The molecule has 0 atom stereocenters. The molecule has 22 heavy (non-hydrogen) atoms. The lowest BCUT2D eigenvalue weighted by Gasteiger charge is -2.13. The van der Waals surface area contributed by atoms with Crippen LogP contribution in [0.1, 0.15) is 52.4 Å². The minimum absolute atomic E-state index is 0.0192. The third kappa shape index (κ3) is 5.84. The molecule has 0 unspecified atom stereocenters. The van der Waals surface area contributed by atoms with Crippen molar-refractivity contribution in [3.63, 3.8) is 0 Å². The average Bonchev–Trinajstić information content (AvgIpc) is 2.49. The van der Waals surface area contributed by atoms with Crippen molar-refractivity contribution in [3.8, 4) is 0 Å². The first kappa shape index (κ1) is 16.5. The number of hydrogen-bond donors (Lipinski definition) is 2. The normalized spacial score (nSPS) is 14.6. The Hall–Kier alpha value is -1.91. The van der Waals surface area contributed by atoms with E-state index in [1.54, 1.807) is 11.6 Å². The van der Waals surface area contributed by atoms with Crippen molar-refractivity contribution in [2.24, 2.45) is 5.92 Å². The van der Waals surface area contributed by atoms with Crippen LogP contribution in [0, 0.1) is 5.92 Å². The highest BCUT2D eigenvalue weighted by Gasteiger charge is 2.07. The van der Waals surface area contributed by atoms with Crippen molar-refractivity contribution in [3.05, 3.63) is 23.8 Å². The number of anilines is 2. The highest BCUT2D eigenvalue weighted by atomic mass is 16.1. The summed E-state index contributed by atoms with van der Waals surface area (Å²) in [6.45, 7) is 4.90. The first-order chi connectivity index (χ1) is 10.6. The van der Waals surface area contributed by atoms with Gasteiger partial charge in [0.25, 0.3) is 0 Å². The van der Waals surface area contributed by atoms with Crippen molar-refractivity contribution < 1.29 is 4.79 Å². The molecule has 0 aliphatic heterocycles. The number of nitrogens with one attached hydrogen (secondary N) is 2. The Balaban J connectivity index is 1.74. The van der Waals surface area contributed by atoms with E-state index in [2.05, 4.69) is 26.9 Å². The van der Waals surface area contributed by atoms with Gasteiger partial charge in [-0.2, -0.15) is 0 Å². The van der Waals surface area contributed by atoms with Crippen molar-refractivity contribution >= 4 is 17.5 Å². The van der Waals surface area contributed by atoms with Crippen LogP contribution in [-0.2, 0) is 4.79 Å². The van der Waals surface area contributed by atoms with E-state index in [1.165, 1.54) is 25.7 Å². The fraction of sp³-hybridized carbons (Fsp3) is 0.588. The van der Waals surface area contributed by atoms with Gasteiger partial charge in [-0.25, -0.2) is 0 Å². The third-order valence-corrected chi connectivity index (χ3v) is 3.66. The predicted molar refractivity (Wildman–Crippen MR) is 89.8 cm³/mol. The van der Waals surface area contributed by atoms with Gasteiger partial charge in [0.05, 0.1) is 0 Å². The SMILES string of the molecule is CC(C)CC(=O)Nc1ccc(NCCC2=CCCCC2)nn1. The number of carbonyl (C=O) groups excluding carboxylic acids is 1. The smallest absolute Gasteiger partial charge is 0.225 e. The van der Waals surface area contributed by atoms with Gasteiger partial charge in [0.1, 0.15) is 5.82 Å². The second-order valence-corrected chi connectivity index (χ2v) is 6.23. The Morgan fingerprint density at radius 3 is 2.64 bits per heavy atom. The molecule has 0 fully saturated rings. The highest BCUT2D eigenvalue weighted by molar-refractivity contribution is 5.89. The van der Waals surface area contributed by atoms with E-state index in [9.17, 15) is 4.79 Å². The molecule has 2 N–H and O–H groups in total. The summed E-state index contributed by atoms with van der Waals surface area (Å²) in [7, 11) is 0. The second kappa shape index (κ2) is 8.51. The van der Waals surface area contributed by atoms with Crippen LogP contribution in [0.5, 0.6) is 0 Å². The summed E-state index contributed by atoms with van der Waals surface area (Å²) in [6, 6.07) is 3.64. The maximum absolute atomic E-state index is 11.7. The van der Waals surface area contributed by atoms with Crippen LogP contribution in [0.2, 0.25) is 0 Å². The molecule has 1 aliphatic rings. The molecule has 0 saturated carbocycles. The highest BCUT2D eigenvalue weighted by Crippen LogP contribution is 2.20. The van der Waals surface area contributed by atoms with E-state index in [0.29, 0.717) is 18.2 Å². The van der Waals surface area contributed by atoms with E-state index < -0.39 is 0 Å². The number of rotatable bonds is 7. The minimum Gasteiger partial charge on any atom is -0.368 e. The van der Waals surface area contributed by atoms with Gasteiger partial charge in [0.15, 0.2) is 5.82 Å². The van der Waals surface area contributed by atoms with Crippen LogP contribution in [0.25, 0.3) is 0 Å². The van der Waals surface area contributed by atoms with Crippen molar-refractivity contribution in [2.45, 2.75) is 52.4 Å². The molecule has 1 aromatic heterocycles. The number of nitrogens with zero attached hydrogens (tertiary/aromatic N) is 2. The van der Waals surface area contributed by atoms with E-state index >= 15 is 0 Å². The van der Waals surface area contributed by atoms with E-state index in [-0.39, 0.29) is 5.91 Å². The number of allylic oxidation sites excluding steroid dienone is 1. The number of amides is 1. The Bertz CT molecular complexity index is 508. The van der Waals surface area contributed by atoms with Crippen LogP contribution < -0.4 is 10.6 Å². The standard InChI is InChI=1S/C17H26N4O/c1-13(2)12-17(22)19-16-9-8-15(20-21-16)18-11-10-14-6-4-3-5-7-14/h6,8-9,13H,3-5,7,10-12H2,1-2H3,(H,18,20)(H,19,21,22). The van der Waals surface area contributed by atoms with E-state index in [1.807, 2.05) is 19.9 Å². The topological polar surface area (TPSA) is 66.9 Å². The largest absolute Gasteiger partial charge is 0.368 e. The van der Waals surface area contributed by atoms with Crippen LogP contribution in [0.15, 0.2) is 23.8 Å². The molecule has 5 heteroatoms. The summed E-state index contributed by atoms with van der Waals surface area (Å²) >= 11 is 0. The molecule has 0 aromatic carbocycles. The zero-order chi connectivity index (χ0) is 15.8. The average molecular weight is 302 g/mol. The Kier molecular flexibility index (Phi) is 6.37. The molecule has 1 heterocycles. The first-order valence-corrected chi connectivity index (χ1v) is 8.19. The molecule has 5 nitrogen and oxygen atoms in total. The Morgan fingerprint density at radius 2 is 2.00 bits per heavy atom. The molecular weight excluding hydrogens is 276 g/mol. The molecule has 1 aliphatic carbocycles. The van der Waals surface area contributed by atoms with E-state index in [0.717, 1.165) is 18.8 Å². The zero-order valence-electron chi connectivity index (χ0n) is 13.6. The van der Waals surface area contributed by atoms with Crippen LogP contribution in [0.4, 0.5) is 11.6 Å². The Labute approximate surface area is 132 Å². The summed E-state index contributed by atoms with van der Waals surface area (Å²) in [5.74, 6) is 1.57. The summed E-state index contributed by atoms with van der Waals surface area (Å²) in [4.78, 5) is 11.7. The number of hydrogen-bond acceptors (Lipinski definition) is 4. The van der Waals surface area contributed by atoms with Crippen LogP contribution >= 0.6 is 0 Å². The maximum atomic E-state index is 11.7. The molecule has 0 spiro atoms. The van der Waals surface area contributed by atoms with Gasteiger partial charge in [-0.15, -0.1) is 10.2 Å². The first-order valence-electron chi connectivity index (χ1n) is 8.19. The van der Waals surface area contributed by atoms with E-state index in [4.69, 9.17) is 0 Å². The van der Waals surface area contributed by atoms with Gasteiger partial charge in [0.2, 0.25) is 5.91 Å². The number of carbonyl (C=O) groups is 1. The van der Waals surface area contributed by atoms with Gasteiger partial charge in [0, 0.05) is 13.0 Å². The third-order valence-electron chi connectivity index (χ3n) is 3.66. The second-order valence-electron chi connectivity index (χ2n) is 6.23. The van der Waals surface area contributed by atoms with Crippen molar-refractivity contribution in [1.29, 1.82) is 0 Å². The molecule has 1 aromatic rings. The predicted octanol–water partition coefficient (Wildman–Crippen LogP) is 3.76. The summed E-state index contributed by atoms with van der Waals surface area (Å²) in [5, 5.41) is 14.2. The molecule has 0 radical (unpaired) electrons. The molecule has 120 valence electrons. The number of aromatic nitrogens is 2. The van der Waals surface area contributed by atoms with Gasteiger partial charge in [-0.1, -0.05) is 25.5 Å². The fourth-order valence-corrected chi connectivity index (χ4v) is 2.54. The molecule has 1 amide bonds. The summed E-state index contributed by atoms with van der Waals surface area (Å²) in [6.07, 6.45) is 9.02. The van der Waals surface area contributed by atoms with Crippen molar-refractivity contribution in [1.82, 2.24) is 10.2 Å². The molecular formula is C17H26N4O. The lowest BCUT2D eigenvalue weighted by Crippen LogP contribution is -2.15. The van der Waals surface area contributed by atoms with Crippen molar-refractivity contribution in [2.75, 3.05) is 17.2 Å². The fourth-order valence-electron chi connectivity index (χ4n) is 2.54. The summed E-state index contributed by atoms with van der Waals surface area (Å²) < 4.78 is 0. The van der Waals surface area contributed by atoms with Gasteiger partial charge >= 0.3 is 0 Å². The maximum Gasteiger partial charge on any atom is 0.225 e. The lowest BCUT2D eigenvalue weighted by molar-refractivity contribution is -0.116. The van der Waals surface area contributed by atoms with Gasteiger partial charge < -0.3 is 10.6 Å². The quantitative estimate of drug-likeness (QED) is 0.753. The van der Waals surface area contributed by atoms with Gasteiger partial charge in [-0.3, -0.25) is 4.79 Å². The molecule has 2 rings (SSSR count). The molecule has 0 bridgehead atoms. The molecule has 0 saturated heterocycles. The monoisotopic (exact) mass is 302 g/mol. The van der Waals surface area contributed by atoms with Crippen LogP contribution in [0.3, 0.4) is 0 Å². The zero-order valence-corrected chi connectivity index (χ0v) is 13.6. The van der Waals surface area contributed by atoms with Crippen LogP contribution in [-0.4, -0.2) is 22.6 Å². The lowest BCUT2D eigenvalue weighted by atomic mass is 9.97. The van der Waals surface area contributed by atoms with Gasteiger partial charge in [-0.05, 0) is 50.2 Å². The Morgan fingerprint density at radius 1 is 1.23 bits per heavy atom. The summed E-state index contributed by atoms with van der Waals surface area (Å²) in [5.41, 5.74) is 1.55. The minimum atomic E-state index is -0.0192.